The lowest BCUT2D eigenvalue weighted by Gasteiger charge is -2.28. The van der Waals surface area contributed by atoms with Gasteiger partial charge in [0.05, 0.1) is 10.6 Å². The van der Waals surface area contributed by atoms with E-state index < -0.39 is 20.0 Å². The Morgan fingerprint density at radius 1 is 0.935 bits per heavy atom. The molecule has 1 aliphatic rings. The number of nitrogens with one attached hydrogen (secondary N) is 1. The van der Waals surface area contributed by atoms with Gasteiger partial charge in [-0.25, -0.2) is 16.8 Å². The van der Waals surface area contributed by atoms with Gasteiger partial charge in [-0.15, -0.1) is 0 Å². The normalized spacial score (nSPS) is 16.0. The summed E-state index contributed by atoms with van der Waals surface area (Å²) in [5.41, 5.74) is 2.51. The molecule has 2 aromatic rings. The van der Waals surface area contributed by atoms with E-state index in [1.807, 2.05) is 43.3 Å². The maximum atomic E-state index is 13.5. The monoisotopic (exact) mass is 465 g/mol. The van der Waals surface area contributed by atoms with Crippen molar-refractivity contribution in [2.24, 2.45) is 0 Å². The Hall–Kier alpha value is -1.78. The molecule has 9 heteroatoms. The molecule has 0 radical (unpaired) electrons. The van der Waals surface area contributed by atoms with Crippen molar-refractivity contribution in [1.82, 2.24) is 13.9 Å². The van der Waals surface area contributed by atoms with Crippen LogP contribution in [0.5, 0.6) is 0 Å². The summed E-state index contributed by atoms with van der Waals surface area (Å²) in [4.78, 5) is 0.236. The first-order valence-corrected chi connectivity index (χ1v) is 13.5. The van der Waals surface area contributed by atoms with Crippen LogP contribution in [-0.2, 0) is 26.5 Å². The molecule has 0 bridgehead atoms. The predicted molar refractivity (Wildman–Crippen MR) is 123 cm³/mol. The number of nitrogens with zero attached hydrogens (tertiary/aromatic N) is 2. The largest absolute Gasteiger partial charge is 0.314 e. The number of hydrogen-bond donors (Lipinski definition) is 1. The van der Waals surface area contributed by atoms with E-state index in [1.54, 1.807) is 19.1 Å². The first kappa shape index (κ1) is 23.9. The highest BCUT2D eigenvalue weighted by atomic mass is 32.2. The third kappa shape index (κ3) is 6.14. The van der Waals surface area contributed by atoms with Crippen LogP contribution < -0.4 is 5.32 Å². The summed E-state index contributed by atoms with van der Waals surface area (Å²) in [5.74, 6) is -0.230. The summed E-state index contributed by atoms with van der Waals surface area (Å²) >= 11 is 0. The van der Waals surface area contributed by atoms with E-state index in [-0.39, 0.29) is 23.7 Å². The molecular formula is C22H31N3O4S2. The van der Waals surface area contributed by atoms with E-state index >= 15 is 0 Å². The van der Waals surface area contributed by atoms with Gasteiger partial charge in [0.25, 0.3) is 0 Å². The molecule has 0 atom stereocenters. The van der Waals surface area contributed by atoms with Crippen LogP contribution in [-0.4, -0.2) is 70.5 Å². The van der Waals surface area contributed by atoms with Gasteiger partial charge in [0, 0.05) is 39.3 Å². The molecule has 3 rings (SSSR count). The van der Waals surface area contributed by atoms with Crippen molar-refractivity contribution in [3.63, 3.8) is 0 Å². The van der Waals surface area contributed by atoms with Gasteiger partial charge in [0.1, 0.15) is 0 Å². The van der Waals surface area contributed by atoms with Crippen LogP contribution in [0.1, 0.15) is 16.7 Å². The summed E-state index contributed by atoms with van der Waals surface area (Å²) in [6, 6.07) is 14.9. The number of piperazine rings is 1. The summed E-state index contributed by atoms with van der Waals surface area (Å²) in [6.45, 7) is 5.80. The van der Waals surface area contributed by atoms with E-state index in [1.165, 1.54) is 8.61 Å². The molecule has 0 aromatic heterocycles. The fraction of sp³-hybridized carbons (Fsp3) is 0.455. The molecule has 1 saturated heterocycles. The molecule has 31 heavy (non-hydrogen) atoms. The minimum absolute atomic E-state index is 0.0746. The highest BCUT2D eigenvalue weighted by Gasteiger charge is 2.30. The van der Waals surface area contributed by atoms with Gasteiger partial charge in [-0.2, -0.15) is 8.61 Å². The van der Waals surface area contributed by atoms with E-state index in [9.17, 15) is 16.8 Å². The van der Waals surface area contributed by atoms with Crippen molar-refractivity contribution in [1.29, 1.82) is 0 Å². The van der Waals surface area contributed by atoms with Crippen LogP contribution >= 0.6 is 0 Å². The molecule has 2 aromatic carbocycles. The van der Waals surface area contributed by atoms with Gasteiger partial charge in [0.15, 0.2) is 0 Å². The van der Waals surface area contributed by atoms with Crippen LogP contribution in [0.15, 0.2) is 53.4 Å². The molecule has 7 nitrogen and oxygen atoms in total. The molecule has 1 aliphatic heterocycles. The molecule has 1 N–H and O–H groups in total. The van der Waals surface area contributed by atoms with Gasteiger partial charge in [-0.1, -0.05) is 42.5 Å². The standard InChI is InChI=1S/C22H31N3O4S2/c1-19-8-9-20(2)22(18-19)31(28,29)25(13-10-21-6-4-3-5-7-21)16-17-30(26,27)24-14-11-23-12-15-24/h3-9,18,23H,10-17H2,1-2H3. The van der Waals surface area contributed by atoms with Gasteiger partial charge < -0.3 is 5.32 Å². The zero-order valence-corrected chi connectivity index (χ0v) is 19.8. The maximum absolute atomic E-state index is 13.5. The topological polar surface area (TPSA) is 86.8 Å². The van der Waals surface area contributed by atoms with Gasteiger partial charge in [0.2, 0.25) is 20.0 Å². The average molecular weight is 466 g/mol. The van der Waals surface area contributed by atoms with Crippen molar-refractivity contribution in [2.45, 2.75) is 25.2 Å². The molecule has 0 aliphatic carbocycles. The fourth-order valence-corrected chi connectivity index (χ4v) is 6.96. The fourth-order valence-electron chi connectivity index (χ4n) is 3.64. The lowest BCUT2D eigenvalue weighted by Crippen LogP contribution is -2.48. The van der Waals surface area contributed by atoms with E-state index in [2.05, 4.69) is 5.32 Å². The van der Waals surface area contributed by atoms with Crippen molar-refractivity contribution < 1.29 is 16.8 Å². The van der Waals surface area contributed by atoms with Crippen LogP contribution in [0.4, 0.5) is 0 Å². The predicted octanol–water partition coefficient (Wildman–Crippen LogP) is 1.77. The second-order valence-corrected chi connectivity index (χ2v) is 11.9. The Morgan fingerprint density at radius 2 is 1.61 bits per heavy atom. The van der Waals surface area contributed by atoms with Crippen molar-refractivity contribution >= 4 is 20.0 Å². The molecule has 0 spiro atoms. The lowest BCUT2D eigenvalue weighted by molar-refractivity contribution is 0.356. The smallest absolute Gasteiger partial charge is 0.243 e. The Balaban J connectivity index is 1.84. The Morgan fingerprint density at radius 3 is 2.29 bits per heavy atom. The minimum Gasteiger partial charge on any atom is -0.314 e. The first-order valence-electron chi connectivity index (χ1n) is 10.5. The van der Waals surface area contributed by atoms with Crippen molar-refractivity contribution in [3.05, 3.63) is 65.2 Å². The minimum atomic E-state index is -3.84. The van der Waals surface area contributed by atoms with Crippen LogP contribution in [0.3, 0.4) is 0 Å². The van der Waals surface area contributed by atoms with Gasteiger partial charge >= 0.3 is 0 Å². The SMILES string of the molecule is Cc1ccc(C)c(S(=O)(=O)N(CCc2ccccc2)CCS(=O)(=O)N2CCNCC2)c1. The average Bonchev–Trinajstić information content (AvgIpc) is 2.76. The highest BCUT2D eigenvalue weighted by molar-refractivity contribution is 7.90. The van der Waals surface area contributed by atoms with E-state index in [4.69, 9.17) is 0 Å². The molecule has 0 amide bonds. The molecule has 1 heterocycles. The van der Waals surface area contributed by atoms with E-state index in [0.717, 1.165) is 11.1 Å². The van der Waals surface area contributed by atoms with Crippen LogP contribution in [0.25, 0.3) is 0 Å². The van der Waals surface area contributed by atoms with Crippen molar-refractivity contribution in [2.75, 3.05) is 45.0 Å². The summed E-state index contributed by atoms with van der Waals surface area (Å²) in [5, 5.41) is 3.13. The zero-order chi connectivity index (χ0) is 22.5. The Labute approximate surface area is 186 Å². The second kappa shape index (κ2) is 10.2. The number of sulfonamides is 2. The molecule has 0 unspecified atom stereocenters. The molecule has 1 fully saturated rings. The van der Waals surface area contributed by atoms with E-state index in [0.29, 0.717) is 38.2 Å². The lowest BCUT2D eigenvalue weighted by atomic mass is 10.1. The third-order valence-electron chi connectivity index (χ3n) is 5.52. The third-order valence-corrected chi connectivity index (χ3v) is 9.41. The highest BCUT2D eigenvalue weighted by Crippen LogP contribution is 2.22. The van der Waals surface area contributed by atoms with Gasteiger partial charge in [-0.05, 0) is 43.0 Å². The molecular weight excluding hydrogens is 434 g/mol. The van der Waals surface area contributed by atoms with Gasteiger partial charge in [-0.3, -0.25) is 0 Å². The Bertz CT molecular complexity index is 1080. The maximum Gasteiger partial charge on any atom is 0.243 e. The molecule has 170 valence electrons. The van der Waals surface area contributed by atoms with Crippen LogP contribution in [0.2, 0.25) is 0 Å². The first-order chi connectivity index (χ1) is 14.7. The number of benzene rings is 2. The van der Waals surface area contributed by atoms with Crippen molar-refractivity contribution in [3.8, 4) is 0 Å². The number of aryl methyl sites for hydroxylation is 2. The quantitative estimate of drug-likeness (QED) is 0.610. The number of rotatable bonds is 9. The number of hydrogen-bond acceptors (Lipinski definition) is 5. The summed E-state index contributed by atoms with van der Waals surface area (Å²) in [6.07, 6.45) is 0.513. The molecule has 0 saturated carbocycles. The summed E-state index contributed by atoms with van der Waals surface area (Å²) < 4.78 is 55.5. The zero-order valence-electron chi connectivity index (χ0n) is 18.1. The summed E-state index contributed by atoms with van der Waals surface area (Å²) in [7, 11) is -7.37. The second-order valence-electron chi connectivity index (χ2n) is 7.87. The Kier molecular flexibility index (Phi) is 7.87. The van der Waals surface area contributed by atoms with Crippen LogP contribution in [0, 0.1) is 13.8 Å².